The first-order valence-corrected chi connectivity index (χ1v) is 7.82. The van der Waals surface area contributed by atoms with Gasteiger partial charge < -0.3 is 10.1 Å². The molecule has 0 saturated heterocycles. The van der Waals surface area contributed by atoms with Gasteiger partial charge in [0.1, 0.15) is 0 Å². The molecule has 0 aromatic heterocycles. The van der Waals surface area contributed by atoms with Crippen LogP contribution < -0.4 is 5.32 Å². The van der Waals surface area contributed by atoms with Crippen molar-refractivity contribution in [1.82, 2.24) is 0 Å². The van der Waals surface area contributed by atoms with E-state index in [0.29, 0.717) is 17.9 Å². The highest BCUT2D eigenvalue weighted by Crippen LogP contribution is 2.23. The minimum absolute atomic E-state index is 0.0218. The van der Waals surface area contributed by atoms with Crippen molar-refractivity contribution >= 4 is 34.9 Å². The number of halogens is 1. The molecule has 2 aromatic carbocycles. The number of ether oxygens (including phenoxy) is 1. The maximum Gasteiger partial charge on any atom is 0.338 e. The molecule has 0 aliphatic heterocycles. The van der Waals surface area contributed by atoms with E-state index in [4.69, 9.17) is 16.3 Å². The third-order valence-electron chi connectivity index (χ3n) is 3.22. The monoisotopic (exact) mass is 362 g/mol. The first-order valence-electron chi connectivity index (χ1n) is 7.45. The van der Waals surface area contributed by atoms with Gasteiger partial charge in [0.05, 0.1) is 27.7 Å². The number of hydrogen-bond donors (Lipinski definition) is 1. The normalized spacial score (nSPS) is 10.2. The van der Waals surface area contributed by atoms with Crippen molar-refractivity contribution in [2.45, 2.75) is 13.3 Å². The van der Waals surface area contributed by atoms with E-state index in [1.807, 2.05) is 6.92 Å². The van der Waals surface area contributed by atoms with Gasteiger partial charge in [-0.3, -0.25) is 14.9 Å². The lowest BCUT2D eigenvalue weighted by molar-refractivity contribution is -0.384. The van der Waals surface area contributed by atoms with Gasteiger partial charge in [0, 0.05) is 17.8 Å². The van der Waals surface area contributed by atoms with Crippen LogP contribution in [0.3, 0.4) is 0 Å². The third kappa shape index (κ3) is 4.77. The summed E-state index contributed by atoms with van der Waals surface area (Å²) in [4.78, 5) is 34.0. The van der Waals surface area contributed by atoms with Crippen LogP contribution in [0.1, 0.15) is 34.1 Å². The fourth-order valence-electron chi connectivity index (χ4n) is 1.97. The van der Waals surface area contributed by atoms with Gasteiger partial charge in [-0.1, -0.05) is 18.5 Å². The minimum atomic E-state index is -0.593. The summed E-state index contributed by atoms with van der Waals surface area (Å²) in [5.74, 6) is -0.945. The summed E-state index contributed by atoms with van der Waals surface area (Å²) < 4.78 is 5.01. The second kappa shape index (κ2) is 8.25. The summed E-state index contributed by atoms with van der Waals surface area (Å²) in [6.07, 6.45) is 0.732. The maximum atomic E-state index is 12.2. The molecule has 25 heavy (non-hydrogen) atoms. The molecule has 8 heteroatoms. The van der Waals surface area contributed by atoms with Crippen molar-refractivity contribution in [3.05, 3.63) is 68.7 Å². The lowest BCUT2D eigenvalue weighted by Gasteiger charge is -2.08. The summed E-state index contributed by atoms with van der Waals surface area (Å²) in [6, 6.07) is 9.78. The van der Waals surface area contributed by atoms with E-state index in [1.54, 1.807) is 12.1 Å². The molecule has 1 N–H and O–H groups in total. The van der Waals surface area contributed by atoms with E-state index < -0.39 is 16.8 Å². The zero-order valence-electron chi connectivity index (χ0n) is 13.3. The Bertz CT molecular complexity index is 805. The summed E-state index contributed by atoms with van der Waals surface area (Å²) in [7, 11) is 0. The molecule has 0 heterocycles. The smallest absolute Gasteiger partial charge is 0.338 e. The van der Waals surface area contributed by atoms with Gasteiger partial charge in [-0.15, -0.1) is 0 Å². The molecule has 0 atom stereocenters. The van der Waals surface area contributed by atoms with Crippen LogP contribution in [0, 0.1) is 10.1 Å². The molecule has 0 bridgehead atoms. The van der Waals surface area contributed by atoms with E-state index in [0.717, 1.165) is 12.5 Å². The van der Waals surface area contributed by atoms with Crippen LogP contribution >= 0.6 is 11.6 Å². The molecule has 0 aliphatic rings. The molecule has 2 aromatic rings. The lowest BCUT2D eigenvalue weighted by Crippen LogP contribution is -2.13. The fourth-order valence-corrected chi connectivity index (χ4v) is 2.23. The Morgan fingerprint density at radius 1 is 1.20 bits per heavy atom. The number of non-ortho nitro benzene ring substituents is 1. The molecule has 130 valence electrons. The number of esters is 1. The average molecular weight is 363 g/mol. The number of carbonyl (C=O) groups excluding carboxylic acids is 2. The molecule has 0 saturated carbocycles. The number of carbonyl (C=O) groups is 2. The Kier molecular flexibility index (Phi) is 6.08. The van der Waals surface area contributed by atoms with Crippen LogP contribution in [0.4, 0.5) is 11.4 Å². The van der Waals surface area contributed by atoms with Gasteiger partial charge >= 0.3 is 5.97 Å². The molecule has 0 unspecified atom stereocenters. The van der Waals surface area contributed by atoms with Crippen molar-refractivity contribution < 1.29 is 19.2 Å². The molecular formula is C17H15ClN2O5. The number of nitrogens with one attached hydrogen (secondary N) is 1. The average Bonchev–Trinajstić information content (AvgIpc) is 2.60. The van der Waals surface area contributed by atoms with Crippen LogP contribution in [-0.4, -0.2) is 23.4 Å². The summed E-state index contributed by atoms with van der Waals surface area (Å²) >= 11 is 5.92. The van der Waals surface area contributed by atoms with Gasteiger partial charge in [-0.2, -0.15) is 0 Å². The zero-order valence-corrected chi connectivity index (χ0v) is 14.1. The van der Waals surface area contributed by atoms with Crippen molar-refractivity contribution in [3.8, 4) is 0 Å². The highest BCUT2D eigenvalue weighted by molar-refractivity contribution is 6.34. The molecule has 1 amide bonds. The predicted molar refractivity (Wildman–Crippen MR) is 93.1 cm³/mol. The minimum Gasteiger partial charge on any atom is -0.462 e. The van der Waals surface area contributed by atoms with E-state index >= 15 is 0 Å². The van der Waals surface area contributed by atoms with Crippen LogP contribution in [-0.2, 0) is 4.74 Å². The number of rotatable bonds is 6. The zero-order chi connectivity index (χ0) is 18.4. The molecule has 0 aliphatic carbocycles. The Hall–Kier alpha value is -2.93. The van der Waals surface area contributed by atoms with Crippen molar-refractivity contribution in [1.29, 1.82) is 0 Å². The van der Waals surface area contributed by atoms with Crippen LogP contribution in [0.25, 0.3) is 0 Å². The molecule has 2 rings (SSSR count). The van der Waals surface area contributed by atoms with Gasteiger partial charge in [0.15, 0.2) is 0 Å². The number of nitro benzene ring substituents is 1. The van der Waals surface area contributed by atoms with Gasteiger partial charge in [0.25, 0.3) is 11.6 Å². The van der Waals surface area contributed by atoms with E-state index in [-0.39, 0.29) is 16.3 Å². The number of benzene rings is 2. The van der Waals surface area contributed by atoms with Gasteiger partial charge in [-0.25, -0.2) is 4.79 Å². The number of nitro groups is 1. The standard InChI is InChI=1S/C17H15ClN2O5/c1-2-9-25-17(22)11-3-5-12(6-4-11)19-16(21)14-8-7-13(20(23)24)10-15(14)18/h3-8,10H,2,9H2,1H3,(H,19,21). The quantitative estimate of drug-likeness (QED) is 0.474. The molecule has 0 fully saturated rings. The predicted octanol–water partition coefficient (Wildman–Crippen LogP) is 4.07. The maximum absolute atomic E-state index is 12.2. The fraction of sp³-hybridized carbons (Fsp3) is 0.176. The van der Waals surface area contributed by atoms with Crippen LogP contribution in [0.5, 0.6) is 0 Å². The number of amides is 1. The highest BCUT2D eigenvalue weighted by atomic mass is 35.5. The molecule has 0 radical (unpaired) electrons. The SMILES string of the molecule is CCCOC(=O)c1ccc(NC(=O)c2ccc([N+](=O)[O-])cc2Cl)cc1. The topological polar surface area (TPSA) is 98.5 Å². The third-order valence-corrected chi connectivity index (χ3v) is 3.54. The first kappa shape index (κ1) is 18.4. The Balaban J connectivity index is 2.08. The van der Waals surface area contributed by atoms with Crippen molar-refractivity contribution in [2.75, 3.05) is 11.9 Å². The number of nitrogens with zero attached hydrogens (tertiary/aromatic N) is 1. The summed E-state index contributed by atoms with van der Waals surface area (Å²) in [5.41, 5.74) is 0.737. The molecule has 7 nitrogen and oxygen atoms in total. The van der Waals surface area contributed by atoms with Crippen molar-refractivity contribution in [3.63, 3.8) is 0 Å². The largest absolute Gasteiger partial charge is 0.462 e. The summed E-state index contributed by atoms with van der Waals surface area (Å²) in [5, 5.41) is 13.3. The molecule has 0 spiro atoms. The number of anilines is 1. The second-order valence-corrected chi connectivity index (χ2v) is 5.50. The first-order chi connectivity index (χ1) is 11.9. The highest BCUT2D eigenvalue weighted by Gasteiger charge is 2.15. The Labute approximate surface area is 148 Å². The van der Waals surface area contributed by atoms with E-state index in [9.17, 15) is 19.7 Å². The van der Waals surface area contributed by atoms with Crippen LogP contribution in [0.2, 0.25) is 5.02 Å². The molecular weight excluding hydrogens is 348 g/mol. The van der Waals surface area contributed by atoms with E-state index in [1.165, 1.54) is 24.3 Å². The second-order valence-electron chi connectivity index (χ2n) is 5.09. The van der Waals surface area contributed by atoms with Gasteiger partial charge in [0.2, 0.25) is 0 Å². The van der Waals surface area contributed by atoms with Gasteiger partial charge in [-0.05, 0) is 36.8 Å². The van der Waals surface area contributed by atoms with Crippen LogP contribution in [0.15, 0.2) is 42.5 Å². The Morgan fingerprint density at radius 2 is 1.88 bits per heavy atom. The van der Waals surface area contributed by atoms with E-state index in [2.05, 4.69) is 5.32 Å². The Morgan fingerprint density at radius 3 is 2.44 bits per heavy atom. The summed E-state index contributed by atoms with van der Waals surface area (Å²) in [6.45, 7) is 2.24. The lowest BCUT2D eigenvalue weighted by atomic mass is 10.1. The number of hydrogen-bond acceptors (Lipinski definition) is 5. The van der Waals surface area contributed by atoms with Crippen molar-refractivity contribution in [2.24, 2.45) is 0 Å².